The van der Waals surface area contributed by atoms with Crippen LogP contribution in [0.25, 0.3) is 0 Å². The van der Waals surface area contributed by atoms with Gasteiger partial charge in [-0.05, 0) is 23.3 Å². The van der Waals surface area contributed by atoms with Gasteiger partial charge in [0.2, 0.25) is 21.8 Å². The Hall–Kier alpha value is -3.43. The number of amides is 2. The van der Waals surface area contributed by atoms with Crippen molar-refractivity contribution in [3.63, 3.8) is 0 Å². The second-order valence-corrected chi connectivity index (χ2v) is 10.1. The first-order valence-corrected chi connectivity index (χ1v) is 12.7. The lowest BCUT2D eigenvalue weighted by molar-refractivity contribution is -0.141. The zero-order valence-corrected chi connectivity index (χ0v) is 20.1. The molecule has 0 aliphatic rings. The fourth-order valence-corrected chi connectivity index (χ4v) is 3.78. The summed E-state index contributed by atoms with van der Waals surface area (Å²) in [7, 11) is -2.23. The molecule has 0 aliphatic carbocycles. The van der Waals surface area contributed by atoms with E-state index >= 15 is 0 Å². The Kier molecular flexibility index (Phi) is 8.61. The minimum absolute atomic E-state index is 0.156. The zero-order valence-electron chi connectivity index (χ0n) is 19.3. The largest absolute Gasteiger partial charge is 0.467 e. The summed E-state index contributed by atoms with van der Waals surface area (Å²) >= 11 is 0. The van der Waals surface area contributed by atoms with Crippen molar-refractivity contribution in [3.05, 3.63) is 95.9 Å². The van der Waals surface area contributed by atoms with Crippen molar-refractivity contribution in [2.24, 2.45) is 0 Å². The van der Waals surface area contributed by atoms with Gasteiger partial charge in [0.05, 0.1) is 25.6 Å². The van der Waals surface area contributed by atoms with E-state index in [-0.39, 0.29) is 32.0 Å². The van der Waals surface area contributed by atoms with Gasteiger partial charge in [0.25, 0.3) is 0 Å². The fourth-order valence-electron chi connectivity index (χ4n) is 3.44. The minimum atomic E-state index is -3.58. The molecule has 2 amide bonds. The molecular formula is C25H29N3O5S. The van der Waals surface area contributed by atoms with E-state index in [0.717, 1.165) is 21.7 Å². The Labute approximate surface area is 200 Å². The molecule has 180 valence electrons. The summed E-state index contributed by atoms with van der Waals surface area (Å²) in [5.74, 6) is -0.234. The topological polar surface area (TPSA) is 99.9 Å². The van der Waals surface area contributed by atoms with E-state index in [4.69, 9.17) is 4.42 Å². The summed E-state index contributed by atoms with van der Waals surface area (Å²) in [6, 6.07) is 21.3. The molecule has 0 bridgehead atoms. The second-order valence-electron chi connectivity index (χ2n) is 8.03. The van der Waals surface area contributed by atoms with Crippen molar-refractivity contribution in [3.8, 4) is 0 Å². The molecule has 1 N–H and O–H groups in total. The molecule has 3 rings (SSSR count). The summed E-state index contributed by atoms with van der Waals surface area (Å²) in [6.07, 6.45) is 2.83. The molecule has 0 unspecified atom stereocenters. The molecule has 0 fully saturated rings. The fraction of sp³-hybridized carbons (Fsp3) is 0.280. The van der Waals surface area contributed by atoms with Crippen molar-refractivity contribution in [1.82, 2.24) is 14.5 Å². The standard InChI is InChI=1S/C25H29N3O5S/c1-27(34(2,31)32)19-24(29)28(18-21-12-7-4-8-13-21)23(16-20-10-5-3-6-11-20)25(30)26-17-22-14-9-15-33-22/h3-15,23H,16-19H2,1-2H3,(H,26,30)/t23-/m0/s1. The second kappa shape index (κ2) is 11.6. The van der Waals surface area contributed by atoms with Crippen molar-refractivity contribution < 1.29 is 22.4 Å². The van der Waals surface area contributed by atoms with E-state index in [1.165, 1.54) is 18.2 Å². The Morgan fingerprint density at radius 1 is 0.941 bits per heavy atom. The van der Waals surface area contributed by atoms with Gasteiger partial charge in [-0.2, -0.15) is 4.31 Å². The molecule has 9 heteroatoms. The normalized spacial score (nSPS) is 12.3. The number of likely N-dealkylation sites (N-methyl/N-ethyl adjacent to an activating group) is 1. The van der Waals surface area contributed by atoms with E-state index in [2.05, 4.69) is 5.32 Å². The summed E-state index contributed by atoms with van der Waals surface area (Å²) in [5.41, 5.74) is 1.71. The molecule has 8 nitrogen and oxygen atoms in total. The van der Waals surface area contributed by atoms with E-state index in [9.17, 15) is 18.0 Å². The smallest absolute Gasteiger partial charge is 0.243 e. The number of sulfonamides is 1. The lowest BCUT2D eigenvalue weighted by Gasteiger charge is -2.32. The van der Waals surface area contributed by atoms with Crippen LogP contribution < -0.4 is 5.32 Å². The summed E-state index contributed by atoms with van der Waals surface area (Å²) in [5, 5.41) is 2.85. The van der Waals surface area contributed by atoms with Gasteiger partial charge in [-0.1, -0.05) is 60.7 Å². The van der Waals surface area contributed by atoms with Gasteiger partial charge in [0.1, 0.15) is 11.8 Å². The van der Waals surface area contributed by atoms with E-state index in [1.54, 1.807) is 12.1 Å². The highest BCUT2D eigenvalue weighted by atomic mass is 32.2. The number of rotatable bonds is 11. The van der Waals surface area contributed by atoms with Crippen molar-refractivity contribution in [2.45, 2.75) is 25.6 Å². The lowest BCUT2D eigenvalue weighted by Crippen LogP contribution is -2.52. The number of furan rings is 1. The summed E-state index contributed by atoms with van der Waals surface area (Å²) < 4.78 is 30.2. The van der Waals surface area contributed by atoms with E-state index in [1.807, 2.05) is 60.7 Å². The molecule has 1 heterocycles. The molecule has 0 aliphatic heterocycles. The zero-order chi connectivity index (χ0) is 24.6. The third kappa shape index (κ3) is 7.29. The molecule has 1 aromatic heterocycles. The van der Waals surface area contributed by atoms with E-state index < -0.39 is 22.0 Å². The highest BCUT2D eigenvalue weighted by Gasteiger charge is 2.31. The first kappa shape index (κ1) is 25.2. The van der Waals surface area contributed by atoms with Crippen LogP contribution in [0.5, 0.6) is 0 Å². The predicted molar refractivity (Wildman–Crippen MR) is 129 cm³/mol. The van der Waals surface area contributed by atoms with Crippen LogP contribution in [0.15, 0.2) is 83.5 Å². The van der Waals surface area contributed by atoms with E-state index in [0.29, 0.717) is 5.76 Å². The Morgan fingerprint density at radius 3 is 2.12 bits per heavy atom. The Bertz CT molecular complexity index is 1170. The maximum absolute atomic E-state index is 13.4. The van der Waals surface area contributed by atoms with Crippen molar-refractivity contribution in [2.75, 3.05) is 19.8 Å². The maximum atomic E-state index is 13.4. The Balaban J connectivity index is 1.92. The molecular weight excluding hydrogens is 454 g/mol. The average Bonchev–Trinajstić information content (AvgIpc) is 3.34. The van der Waals surface area contributed by atoms with Gasteiger partial charge in [-0.15, -0.1) is 0 Å². The first-order valence-electron chi connectivity index (χ1n) is 10.8. The third-order valence-corrected chi connectivity index (χ3v) is 6.67. The van der Waals surface area contributed by atoms with Crippen molar-refractivity contribution >= 4 is 21.8 Å². The average molecular weight is 484 g/mol. The van der Waals surface area contributed by atoms with Gasteiger partial charge < -0.3 is 14.6 Å². The van der Waals surface area contributed by atoms with Gasteiger partial charge in [-0.3, -0.25) is 9.59 Å². The van der Waals surface area contributed by atoms with Crippen molar-refractivity contribution in [1.29, 1.82) is 0 Å². The molecule has 34 heavy (non-hydrogen) atoms. The highest BCUT2D eigenvalue weighted by molar-refractivity contribution is 7.88. The van der Waals surface area contributed by atoms with Gasteiger partial charge in [0.15, 0.2) is 0 Å². The van der Waals surface area contributed by atoms with Crippen LogP contribution >= 0.6 is 0 Å². The maximum Gasteiger partial charge on any atom is 0.243 e. The molecule has 3 aromatic rings. The van der Waals surface area contributed by atoms with Crippen LogP contribution in [-0.4, -0.2) is 55.3 Å². The van der Waals surface area contributed by atoms with Gasteiger partial charge in [0, 0.05) is 20.0 Å². The molecule has 2 aromatic carbocycles. The SMILES string of the molecule is CN(CC(=O)N(Cc1ccccc1)[C@@H](Cc1ccccc1)C(=O)NCc1ccco1)S(C)(=O)=O. The molecule has 0 spiro atoms. The van der Waals surface area contributed by atoms with Crippen LogP contribution in [0.4, 0.5) is 0 Å². The van der Waals surface area contributed by atoms with Crippen LogP contribution in [0.2, 0.25) is 0 Å². The molecule has 0 saturated carbocycles. The van der Waals surface area contributed by atoms with Crippen LogP contribution in [0.1, 0.15) is 16.9 Å². The first-order chi connectivity index (χ1) is 16.2. The summed E-state index contributed by atoms with van der Waals surface area (Å²) in [6.45, 7) is -0.0426. The number of carbonyl (C=O) groups is 2. The lowest BCUT2D eigenvalue weighted by atomic mass is 10.0. The molecule has 0 radical (unpaired) electrons. The van der Waals surface area contributed by atoms with Crippen LogP contribution in [0.3, 0.4) is 0 Å². The molecule has 0 saturated heterocycles. The number of hydrogen-bond acceptors (Lipinski definition) is 5. The Morgan fingerprint density at radius 2 is 1.56 bits per heavy atom. The van der Waals surface area contributed by atoms with Crippen LogP contribution in [-0.2, 0) is 39.1 Å². The predicted octanol–water partition coefficient (Wildman–Crippen LogP) is 2.43. The number of nitrogens with zero attached hydrogens (tertiary/aromatic N) is 2. The van der Waals surface area contributed by atoms with Crippen LogP contribution in [0, 0.1) is 0 Å². The molecule has 1 atom stereocenters. The van der Waals surface area contributed by atoms with Gasteiger partial charge >= 0.3 is 0 Å². The number of benzene rings is 2. The number of hydrogen-bond donors (Lipinski definition) is 1. The third-order valence-electron chi connectivity index (χ3n) is 5.41. The summed E-state index contributed by atoms with van der Waals surface area (Å²) in [4.78, 5) is 28.2. The highest BCUT2D eigenvalue weighted by Crippen LogP contribution is 2.16. The minimum Gasteiger partial charge on any atom is -0.467 e. The number of nitrogens with one attached hydrogen (secondary N) is 1. The van der Waals surface area contributed by atoms with Gasteiger partial charge in [-0.25, -0.2) is 8.42 Å². The number of carbonyl (C=O) groups excluding carboxylic acids is 2. The monoisotopic (exact) mass is 483 g/mol. The quantitative estimate of drug-likeness (QED) is 0.452.